The van der Waals surface area contributed by atoms with Gasteiger partial charge >= 0.3 is 0 Å². The summed E-state index contributed by atoms with van der Waals surface area (Å²) in [5, 5.41) is 0.132. The number of nitrogens with zero attached hydrogens (tertiary/aromatic N) is 1. The monoisotopic (exact) mass is 605 g/mol. The van der Waals surface area contributed by atoms with Crippen molar-refractivity contribution in [2.75, 3.05) is 0 Å². The molecule has 5 atom stereocenters. The zero-order valence-electron chi connectivity index (χ0n) is 27.9. The summed E-state index contributed by atoms with van der Waals surface area (Å²) in [6, 6.07) is 13.5. The molecule has 2 saturated heterocycles. The summed E-state index contributed by atoms with van der Waals surface area (Å²) in [6.07, 6.45) is 0.282. The van der Waals surface area contributed by atoms with E-state index in [0.717, 1.165) is 30.1 Å². The van der Waals surface area contributed by atoms with Crippen LogP contribution >= 0.6 is 0 Å². The molecule has 1 aromatic carbocycles. The SMILES string of the molecule is CC[Si](CC)(CC)O[C@@H]1[C@@H](O[Si](C)(C)C(C)(C)C)[C@H]2C[C@H](O[Si](C)(C)C(C)(C)C)[C@@H]1N(Cc1ccccc1)C2=O. The normalized spacial score (nSPS) is 26.5. The summed E-state index contributed by atoms with van der Waals surface area (Å²) in [5.74, 6) is -0.0378. The van der Waals surface area contributed by atoms with Crippen LogP contribution in [0.5, 0.6) is 0 Å². The van der Waals surface area contributed by atoms with Crippen molar-refractivity contribution in [3.05, 3.63) is 35.9 Å². The van der Waals surface area contributed by atoms with Crippen LogP contribution in [0.4, 0.5) is 0 Å². The Morgan fingerprint density at radius 1 is 0.775 bits per heavy atom. The van der Waals surface area contributed by atoms with Crippen LogP contribution in [-0.4, -0.2) is 60.1 Å². The number of piperidine rings is 2. The van der Waals surface area contributed by atoms with Gasteiger partial charge in [0.15, 0.2) is 25.0 Å². The molecule has 2 aliphatic heterocycles. The first-order valence-electron chi connectivity index (χ1n) is 15.7. The van der Waals surface area contributed by atoms with Crippen molar-refractivity contribution in [1.82, 2.24) is 4.90 Å². The quantitative estimate of drug-likeness (QED) is 0.237. The van der Waals surface area contributed by atoms with Crippen molar-refractivity contribution in [3.8, 4) is 0 Å². The zero-order chi connectivity index (χ0) is 30.3. The molecular formula is C32H59NO4Si3. The third kappa shape index (κ3) is 6.72. The number of carbonyl (C=O) groups excluding carboxylic acids is 1. The number of carbonyl (C=O) groups is 1. The Morgan fingerprint density at radius 3 is 1.75 bits per heavy atom. The summed E-state index contributed by atoms with van der Waals surface area (Å²) in [7, 11) is -6.29. The fraction of sp³-hybridized carbons (Fsp3) is 0.781. The molecule has 1 saturated carbocycles. The molecule has 0 spiro atoms. The fourth-order valence-electron chi connectivity index (χ4n) is 5.87. The minimum atomic E-state index is -2.17. The Morgan fingerprint density at radius 2 is 1.27 bits per heavy atom. The predicted octanol–water partition coefficient (Wildman–Crippen LogP) is 8.59. The minimum Gasteiger partial charge on any atom is -0.412 e. The van der Waals surface area contributed by atoms with E-state index in [1.807, 2.05) is 6.07 Å². The van der Waals surface area contributed by atoms with E-state index in [9.17, 15) is 4.79 Å². The topological polar surface area (TPSA) is 48.0 Å². The number of hydrogen-bond donors (Lipinski definition) is 0. The average Bonchev–Trinajstić information content (AvgIpc) is 2.85. The molecule has 0 N–H and O–H groups in total. The molecule has 4 rings (SSSR count). The lowest BCUT2D eigenvalue weighted by Crippen LogP contribution is -2.75. The van der Waals surface area contributed by atoms with E-state index in [4.69, 9.17) is 13.3 Å². The number of benzene rings is 1. The van der Waals surface area contributed by atoms with Crippen LogP contribution in [0.3, 0.4) is 0 Å². The maximum Gasteiger partial charge on any atom is 0.229 e. The molecule has 2 heterocycles. The van der Waals surface area contributed by atoms with Gasteiger partial charge in [0, 0.05) is 6.54 Å². The first-order chi connectivity index (χ1) is 18.3. The molecule has 40 heavy (non-hydrogen) atoms. The van der Waals surface area contributed by atoms with Gasteiger partial charge in [-0.05, 0) is 66.4 Å². The van der Waals surface area contributed by atoms with E-state index in [1.165, 1.54) is 0 Å². The third-order valence-electron chi connectivity index (χ3n) is 10.9. The van der Waals surface area contributed by atoms with Crippen LogP contribution in [0.1, 0.15) is 74.3 Å². The molecule has 3 aliphatic rings. The summed E-state index contributed by atoms with van der Waals surface area (Å²) >= 11 is 0. The number of amides is 1. The second-order valence-corrected chi connectivity index (χ2v) is 29.6. The first-order valence-corrected chi connectivity index (χ1v) is 24.1. The van der Waals surface area contributed by atoms with Gasteiger partial charge in [0.1, 0.15) is 0 Å². The number of hydrogen-bond acceptors (Lipinski definition) is 4. The van der Waals surface area contributed by atoms with E-state index in [1.54, 1.807) is 0 Å². The second kappa shape index (κ2) is 12.1. The maximum absolute atomic E-state index is 14.3. The van der Waals surface area contributed by atoms with Gasteiger partial charge < -0.3 is 18.2 Å². The van der Waals surface area contributed by atoms with Gasteiger partial charge in [-0.15, -0.1) is 0 Å². The van der Waals surface area contributed by atoms with Crippen LogP contribution in [0.15, 0.2) is 30.3 Å². The van der Waals surface area contributed by atoms with Crippen molar-refractivity contribution in [1.29, 1.82) is 0 Å². The Hall–Kier alpha value is -0.779. The third-order valence-corrected chi connectivity index (χ3v) is 24.5. The minimum absolute atomic E-state index is 0.0474. The Bertz CT molecular complexity index is 989. The standard InChI is InChI=1S/C32H59NO4Si3/c1-14-40(15-2,16-3)37-29-27-26(35-38(10,11)31(4,5)6)22-25(28(29)36-39(12,13)32(7,8)9)30(34)33(27)23-24-20-18-17-19-21-24/h17-21,25-29H,14-16,22-23H2,1-13H3/t25-,26+,27+,28+,29+/m1/s1. The van der Waals surface area contributed by atoms with Crippen molar-refractivity contribution < 1.29 is 18.1 Å². The van der Waals surface area contributed by atoms with E-state index < -0.39 is 25.0 Å². The lowest BCUT2D eigenvalue weighted by atomic mass is 9.73. The summed E-state index contributed by atoms with van der Waals surface area (Å²) in [6.45, 7) is 30.5. The summed E-state index contributed by atoms with van der Waals surface area (Å²) < 4.78 is 21.9. The molecule has 1 aromatic rings. The average molecular weight is 606 g/mol. The molecular weight excluding hydrogens is 547 g/mol. The van der Waals surface area contributed by atoms with Crippen LogP contribution in [0.2, 0.25) is 54.4 Å². The Balaban J connectivity index is 2.15. The summed E-state index contributed by atoms with van der Waals surface area (Å²) in [5.41, 5.74) is 1.15. The van der Waals surface area contributed by atoms with Gasteiger partial charge in [-0.3, -0.25) is 4.79 Å². The van der Waals surface area contributed by atoms with Crippen LogP contribution in [0.25, 0.3) is 0 Å². The lowest BCUT2D eigenvalue weighted by molar-refractivity contribution is -0.190. The van der Waals surface area contributed by atoms with Gasteiger partial charge in [0.25, 0.3) is 0 Å². The van der Waals surface area contributed by atoms with E-state index >= 15 is 0 Å². The first kappa shape index (κ1) is 33.7. The molecule has 1 aliphatic carbocycles. The Kier molecular flexibility index (Phi) is 10.2. The van der Waals surface area contributed by atoms with Crippen molar-refractivity contribution in [3.63, 3.8) is 0 Å². The summed E-state index contributed by atoms with van der Waals surface area (Å²) in [4.78, 5) is 16.5. The van der Waals surface area contributed by atoms with Crippen LogP contribution in [-0.2, 0) is 24.6 Å². The zero-order valence-corrected chi connectivity index (χ0v) is 30.9. The molecule has 228 valence electrons. The van der Waals surface area contributed by atoms with E-state index in [2.05, 4.69) is 118 Å². The van der Waals surface area contributed by atoms with Gasteiger partial charge in [0.2, 0.25) is 5.91 Å². The largest absolute Gasteiger partial charge is 0.412 e. The highest BCUT2D eigenvalue weighted by molar-refractivity contribution is 6.75. The van der Waals surface area contributed by atoms with E-state index in [0.29, 0.717) is 6.54 Å². The highest BCUT2D eigenvalue weighted by Gasteiger charge is 2.62. The molecule has 2 bridgehead atoms. The Labute approximate surface area is 249 Å². The van der Waals surface area contributed by atoms with Crippen LogP contribution < -0.4 is 0 Å². The molecule has 3 fully saturated rings. The predicted molar refractivity (Wildman–Crippen MR) is 175 cm³/mol. The molecule has 0 unspecified atom stereocenters. The van der Waals surface area contributed by atoms with Crippen LogP contribution in [0, 0.1) is 5.92 Å². The smallest absolute Gasteiger partial charge is 0.229 e. The van der Waals surface area contributed by atoms with Crippen molar-refractivity contribution in [2.45, 2.75) is 154 Å². The van der Waals surface area contributed by atoms with Gasteiger partial charge in [-0.2, -0.15) is 0 Å². The second-order valence-electron chi connectivity index (χ2n) is 15.4. The molecule has 8 heteroatoms. The van der Waals surface area contributed by atoms with Gasteiger partial charge in [-0.25, -0.2) is 0 Å². The van der Waals surface area contributed by atoms with E-state index in [-0.39, 0.29) is 46.3 Å². The van der Waals surface area contributed by atoms with Gasteiger partial charge in [-0.1, -0.05) is 92.6 Å². The molecule has 5 nitrogen and oxygen atoms in total. The van der Waals surface area contributed by atoms with Crippen molar-refractivity contribution in [2.24, 2.45) is 5.92 Å². The molecule has 0 radical (unpaired) electrons. The highest BCUT2D eigenvalue weighted by atomic mass is 28.4. The number of rotatable bonds is 11. The molecule has 1 amide bonds. The fourth-order valence-corrected chi connectivity index (χ4v) is 11.4. The highest BCUT2D eigenvalue weighted by Crippen LogP contribution is 2.49. The molecule has 0 aromatic heterocycles. The number of fused-ring (bicyclic) bond motifs is 3. The maximum atomic E-state index is 14.3. The van der Waals surface area contributed by atoms with Crippen molar-refractivity contribution >= 4 is 30.9 Å². The lowest BCUT2D eigenvalue weighted by Gasteiger charge is -2.60. The van der Waals surface area contributed by atoms with Gasteiger partial charge in [0.05, 0.1) is 30.3 Å².